The van der Waals surface area contributed by atoms with Crippen molar-refractivity contribution in [3.05, 3.63) is 76.1 Å². The largest absolute Gasteiger partial charge is 0.507 e. The van der Waals surface area contributed by atoms with Crippen molar-refractivity contribution in [1.82, 2.24) is 4.90 Å². The lowest BCUT2D eigenvalue weighted by Crippen LogP contribution is -2.40. The number of nitrogens with one attached hydrogen (secondary N) is 2. The van der Waals surface area contributed by atoms with E-state index in [9.17, 15) is 5.11 Å². The summed E-state index contributed by atoms with van der Waals surface area (Å²) < 4.78 is 0. The van der Waals surface area contributed by atoms with Gasteiger partial charge in [0.1, 0.15) is 11.6 Å². The molecule has 0 saturated heterocycles. The van der Waals surface area contributed by atoms with Crippen molar-refractivity contribution in [3.63, 3.8) is 0 Å². The van der Waals surface area contributed by atoms with E-state index in [0.717, 1.165) is 28.8 Å². The lowest BCUT2D eigenvalue weighted by atomic mass is 9.91. The molecule has 0 aromatic heterocycles. The number of anilines is 1. The van der Waals surface area contributed by atoms with Crippen LogP contribution >= 0.6 is 9.24 Å². The van der Waals surface area contributed by atoms with Crippen LogP contribution in [0.4, 0.5) is 5.69 Å². The zero-order chi connectivity index (χ0) is 26.6. The molecule has 2 unspecified atom stereocenters. The molecule has 3 rings (SSSR count). The van der Waals surface area contributed by atoms with Crippen molar-refractivity contribution < 1.29 is 5.11 Å². The molecule has 0 aliphatic carbocycles. The van der Waals surface area contributed by atoms with Crippen molar-refractivity contribution in [1.29, 1.82) is 5.41 Å². The number of nitrogens with zero attached hydrogens (tertiary/aromatic N) is 3. The summed E-state index contributed by atoms with van der Waals surface area (Å²) in [5.74, 6) is 0.808. The Kier molecular flexibility index (Phi) is 8.37. The van der Waals surface area contributed by atoms with E-state index in [2.05, 4.69) is 19.5 Å². The van der Waals surface area contributed by atoms with Gasteiger partial charge in [-0.3, -0.25) is 10.4 Å². The second-order valence-electron chi connectivity index (χ2n) is 8.58. The summed E-state index contributed by atoms with van der Waals surface area (Å²) >= 11 is 0. The number of phenolic OH excluding ortho intramolecular Hbond substituents is 1. The highest BCUT2D eigenvalue weighted by atomic mass is 31.0. The molecular formula is C26H35N8OP. The van der Waals surface area contributed by atoms with Gasteiger partial charge in [0.2, 0.25) is 0 Å². The quantitative estimate of drug-likeness (QED) is 0.200. The van der Waals surface area contributed by atoms with Crippen LogP contribution in [0, 0.1) is 5.41 Å². The molecule has 1 aliphatic heterocycles. The van der Waals surface area contributed by atoms with Crippen LogP contribution in [0.25, 0.3) is 0 Å². The van der Waals surface area contributed by atoms with Gasteiger partial charge in [-0.2, -0.15) is 0 Å². The van der Waals surface area contributed by atoms with E-state index in [0.29, 0.717) is 29.0 Å². The molecular weight excluding hydrogens is 471 g/mol. The smallest absolute Gasteiger partial charge is 0.170 e. The fraction of sp³-hybridized carbons (Fsp3) is 0.269. The number of para-hydroxylation sites is 1. The normalized spacial score (nSPS) is 18.8. The summed E-state index contributed by atoms with van der Waals surface area (Å²) in [6.07, 6.45) is 2.62. The third-order valence-electron chi connectivity index (χ3n) is 6.09. The highest BCUT2D eigenvalue weighted by molar-refractivity contribution is 7.27. The number of hydrogen-bond donors (Lipinski definition) is 6. The molecule has 0 saturated carbocycles. The second kappa shape index (κ2) is 11.3. The molecule has 0 amide bonds. The average molecular weight is 507 g/mol. The number of hydrogen-bond acceptors (Lipinski definition) is 6. The Morgan fingerprint density at radius 3 is 2.56 bits per heavy atom. The Morgan fingerprint density at radius 1 is 1.22 bits per heavy atom. The Labute approximate surface area is 214 Å². The van der Waals surface area contributed by atoms with Gasteiger partial charge in [0.25, 0.3) is 0 Å². The Morgan fingerprint density at radius 2 is 1.92 bits per heavy atom. The maximum Gasteiger partial charge on any atom is 0.170 e. The molecule has 0 fully saturated rings. The van der Waals surface area contributed by atoms with Crippen molar-refractivity contribution in [2.75, 3.05) is 19.4 Å². The molecule has 9 nitrogen and oxygen atoms in total. The van der Waals surface area contributed by atoms with E-state index < -0.39 is 0 Å². The first-order valence-corrected chi connectivity index (χ1v) is 12.2. The first-order valence-electron chi connectivity index (χ1n) is 11.6. The number of aliphatic imine (C=N–C) groups is 2. The minimum Gasteiger partial charge on any atom is -0.507 e. The van der Waals surface area contributed by atoms with Crippen LogP contribution in [0.2, 0.25) is 0 Å². The molecule has 10 heteroatoms. The van der Waals surface area contributed by atoms with Gasteiger partial charge < -0.3 is 32.5 Å². The minimum absolute atomic E-state index is 0.0904. The fourth-order valence-electron chi connectivity index (χ4n) is 4.23. The second-order valence-corrected chi connectivity index (χ2v) is 9.20. The zero-order valence-corrected chi connectivity index (χ0v) is 22.3. The number of aryl methyl sites for hydroxylation is 1. The van der Waals surface area contributed by atoms with Gasteiger partial charge in [0, 0.05) is 30.8 Å². The topological polar surface area (TPSA) is 162 Å². The van der Waals surface area contributed by atoms with Crippen LogP contribution in [0.3, 0.4) is 0 Å². The van der Waals surface area contributed by atoms with E-state index >= 15 is 0 Å². The van der Waals surface area contributed by atoms with Gasteiger partial charge in [0.15, 0.2) is 5.84 Å². The maximum atomic E-state index is 10.3. The molecule has 0 bridgehead atoms. The molecule has 2 aromatic rings. The first kappa shape index (κ1) is 26.8. The van der Waals surface area contributed by atoms with Crippen molar-refractivity contribution in [2.24, 2.45) is 27.2 Å². The minimum atomic E-state index is -0.261. The number of benzene rings is 2. The third kappa shape index (κ3) is 5.52. The van der Waals surface area contributed by atoms with Gasteiger partial charge in [-0.1, -0.05) is 25.1 Å². The van der Waals surface area contributed by atoms with Crippen LogP contribution in [0.5, 0.6) is 5.75 Å². The molecule has 1 heterocycles. The number of phenols is 1. The highest BCUT2D eigenvalue weighted by Crippen LogP contribution is 2.35. The van der Waals surface area contributed by atoms with Gasteiger partial charge in [-0.25, -0.2) is 4.99 Å². The van der Waals surface area contributed by atoms with E-state index in [-0.39, 0.29) is 29.2 Å². The number of likely N-dealkylation sites (N-methyl/N-ethyl adjacent to an activating group) is 1. The Balaban J connectivity index is 2.22. The van der Waals surface area contributed by atoms with Crippen molar-refractivity contribution >= 4 is 37.7 Å². The van der Waals surface area contributed by atoms with Crippen LogP contribution in [-0.4, -0.2) is 41.6 Å². The standard InChI is InChI=1S/C26H35N8OP/c1-5-15-10-21(35)22(36)11-17(15)20-12-18(28)23(24(29)25(30)33-14(2)27)26(34(20)4)32-13-16-8-6-7-9-19(16)31-3/h6-12,20,31,35H,5,13,28-29,36H2,1-4H3,(H3,27,30,33). The van der Waals surface area contributed by atoms with Crippen molar-refractivity contribution in [3.8, 4) is 5.75 Å². The highest BCUT2D eigenvalue weighted by Gasteiger charge is 2.32. The lowest BCUT2D eigenvalue weighted by molar-refractivity contribution is 0.425. The average Bonchev–Trinajstić information content (AvgIpc) is 2.84. The number of nitrogens with two attached hydrogens (primary N) is 3. The maximum absolute atomic E-state index is 10.3. The molecule has 0 radical (unpaired) electrons. The van der Waals surface area contributed by atoms with Crippen LogP contribution < -0.4 is 27.8 Å². The lowest BCUT2D eigenvalue weighted by Gasteiger charge is -2.36. The predicted octanol–water partition coefficient (Wildman–Crippen LogP) is 2.49. The van der Waals surface area contributed by atoms with Crippen LogP contribution in [0.15, 0.2) is 69.4 Å². The monoisotopic (exact) mass is 506 g/mol. The van der Waals surface area contributed by atoms with Gasteiger partial charge in [-0.15, -0.1) is 9.24 Å². The summed E-state index contributed by atoms with van der Waals surface area (Å²) in [5, 5.41) is 22.5. The number of rotatable bonds is 6. The van der Waals surface area contributed by atoms with Crippen LogP contribution in [0.1, 0.15) is 36.6 Å². The number of aromatic hydroxyl groups is 1. The van der Waals surface area contributed by atoms with E-state index in [1.807, 2.05) is 62.3 Å². The van der Waals surface area contributed by atoms with E-state index in [1.165, 1.54) is 0 Å². The van der Waals surface area contributed by atoms with E-state index in [4.69, 9.17) is 27.6 Å². The molecule has 2 atom stereocenters. The first-order chi connectivity index (χ1) is 17.1. The summed E-state index contributed by atoms with van der Waals surface area (Å²) in [6.45, 7) is 4.00. The van der Waals surface area contributed by atoms with E-state index in [1.54, 1.807) is 13.0 Å². The summed E-state index contributed by atoms with van der Waals surface area (Å²) in [5.41, 5.74) is 23.6. The SMILES string of the molecule is CCc1cc(O)c(P)cc1C1C=C(N)C(=C(N)C(=N)N=C(C)N)C(=NCc2ccccc2NC)N1C. The van der Waals surface area contributed by atoms with Crippen molar-refractivity contribution in [2.45, 2.75) is 32.9 Å². The summed E-state index contributed by atoms with van der Waals surface area (Å²) in [6, 6.07) is 11.4. The molecule has 9 N–H and O–H groups in total. The summed E-state index contributed by atoms with van der Waals surface area (Å²) in [4.78, 5) is 10.9. The molecule has 0 spiro atoms. The van der Waals surface area contributed by atoms with Gasteiger partial charge in [-0.05, 0) is 54.3 Å². The van der Waals surface area contributed by atoms with Gasteiger partial charge in [0.05, 0.1) is 29.7 Å². The Bertz CT molecular complexity index is 1290. The summed E-state index contributed by atoms with van der Waals surface area (Å²) in [7, 11) is 6.35. The molecule has 190 valence electrons. The zero-order valence-electron chi connectivity index (χ0n) is 21.1. The van der Waals surface area contributed by atoms with Crippen LogP contribution in [-0.2, 0) is 13.0 Å². The molecule has 2 aromatic carbocycles. The molecule has 36 heavy (non-hydrogen) atoms. The van der Waals surface area contributed by atoms with Gasteiger partial charge >= 0.3 is 0 Å². The number of amidine groups is 3. The Hall–Kier alpha value is -3.84. The molecule has 1 aliphatic rings. The predicted molar refractivity (Wildman–Crippen MR) is 153 cm³/mol. The fourth-order valence-corrected chi connectivity index (χ4v) is 4.49. The third-order valence-corrected chi connectivity index (χ3v) is 6.55.